The van der Waals surface area contributed by atoms with E-state index in [1.807, 2.05) is 24.3 Å². The van der Waals surface area contributed by atoms with Gasteiger partial charge in [-0.05, 0) is 42.8 Å². The van der Waals surface area contributed by atoms with Crippen LogP contribution in [0.25, 0.3) is 11.1 Å². The van der Waals surface area contributed by atoms with E-state index in [0.717, 1.165) is 5.56 Å². The van der Waals surface area contributed by atoms with Crippen LogP contribution in [-0.4, -0.2) is 28.6 Å². The van der Waals surface area contributed by atoms with Crippen LogP contribution in [0.1, 0.15) is 28.7 Å². The zero-order chi connectivity index (χ0) is 17.1. The lowest BCUT2D eigenvalue weighted by Crippen LogP contribution is -2.30. The van der Waals surface area contributed by atoms with Crippen LogP contribution >= 0.6 is 11.6 Å². The van der Waals surface area contributed by atoms with Crippen LogP contribution in [0.2, 0.25) is 5.02 Å². The summed E-state index contributed by atoms with van der Waals surface area (Å²) in [6.45, 7) is 1.81. The highest BCUT2D eigenvalue weighted by Crippen LogP contribution is 2.20. The van der Waals surface area contributed by atoms with Crippen molar-refractivity contribution in [2.24, 2.45) is 0 Å². The van der Waals surface area contributed by atoms with Gasteiger partial charge in [0.2, 0.25) is 0 Å². The van der Waals surface area contributed by atoms with Crippen LogP contribution in [-0.2, 0) is 6.42 Å². The van der Waals surface area contributed by atoms with Crippen LogP contribution in [0.3, 0.4) is 0 Å². The monoisotopic (exact) mass is 344 g/mol. The number of carbonyl (C=O) groups is 1. The molecule has 1 heterocycles. The number of oxazole rings is 1. The first-order chi connectivity index (χ1) is 11.5. The molecule has 0 saturated heterocycles. The molecule has 0 aliphatic heterocycles. The minimum atomic E-state index is -0.591. The van der Waals surface area contributed by atoms with E-state index in [9.17, 15) is 9.90 Å². The molecule has 124 valence electrons. The summed E-state index contributed by atoms with van der Waals surface area (Å²) in [6, 6.07) is 12.6. The second-order valence-corrected chi connectivity index (χ2v) is 6.09. The van der Waals surface area contributed by atoms with Crippen LogP contribution in [0.15, 0.2) is 46.9 Å². The third-order valence-corrected chi connectivity index (χ3v) is 3.73. The van der Waals surface area contributed by atoms with Crippen LogP contribution < -0.4 is 5.32 Å². The number of aliphatic hydroxyl groups is 1. The number of aliphatic hydroxyl groups excluding tert-OH is 1. The van der Waals surface area contributed by atoms with Gasteiger partial charge < -0.3 is 14.8 Å². The van der Waals surface area contributed by atoms with E-state index in [-0.39, 0.29) is 12.5 Å². The number of rotatable bonds is 5. The van der Waals surface area contributed by atoms with E-state index < -0.39 is 6.10 Å². The second-order valence-electron chi connectivity index (χ2n) is 5.66. The van der Waals surface area contributed by atoms with E-state index in [1.54, 1.807) is 25.1 Å². The Morgan fingerprint density at radius 1 is 1.33 bits per heavy atom. The average Bonchev–Trinajstić information content (AvgIpc) is 2.93. The second kappa shape index (κ2) is 7.03. The predicted octanol–water partition coefficient (Wildman–Crippen LogP) is 3.18. The molecule has 3 rings (SSSR count). The van der Waals surface area contributed by atoms with Gasteiger partial charge in [0, 0.05) is 23.6 Å². The quantitative estimate of drug-likeness (QED) is 0.745. The van der Waals surface area contributed by atoms with Crippen molar-refractivity contribution in [2.45, 2.75) is 19.4 Å². The van der Waals surface area contributed by atoms with Crippen molar-refractivity contribution in [3.63, 3.8) is 0 Å². The fraction of sp³-hybridized carbons (Fsp3) is 0.222. The number of benzene rings is 2. The van der Waals surface area contributed by atoms with Gasteiger partial charge in [-0.25, -0.2) is 4.98 Å². The lowest BCUT2D eigenvalue weighted by molar-refractivity contribution is 0.0924. The molecule has 6 heteroatoms. The first kappa shape index (κ1) is 16.5. The molecule has 0 bridgehead atoms. The number of amides is 1. The molecular formula is C18H17ClN2O3. The molecular weight excluding hydrogens is 328 g/mol. The third kappa shape index (κ3) is 3.93. The Morgan fingerprint density at radius 2 is 2.17 bits per heavy atom. The van der Waals surface area contributed by atoms with Gasteiger partial charge in [-0.15, -0.1) is 0 Å². The van der Waals surface area contributed by atoms with E-state index in [2.05, 4.69) is 10.3 Å². The van der Waals surface area contributed by atoms with E-state index in [4.69, 9.17) is 16.0 Å². The first-order valence-corrected chi connectivity index (χ1v) is 7.99. The zero-order valence-electron chi connectivity index (χ0n) is 13.1. The molecule has 2 aromatic carbocycles. The maximum atomic E-state index is 12.0. The van der Waals surface area contributed by atoms with Crippen molar-refractivity contribution in [3.8, 4) is 0 Å². The molecule has 0 unspecified atom stereocenters. The van der Waals surface area contributed by atoms with Gasteiger partial charge in [-0.1, -0.05) is 23.7 Å². The number of aromatic nitrogens is 1. The summed E-state index contributed by atoms with van der Waals surface area (Å²) in [7, 11) is 0. The smallest absolute Gasteiger partial charge is 0.251 e. The zero-order valence-corrected chi connectivity index (χ0v) is 13.9. The molecule has 1 atom stereocenters. The average molecular weight is 345 g/mol. The minimum Gasteiger partial charge on any atom is -0.440 e. The van der Waals surface area contributed by atoms with Crippen molar-refractivity contribution in [1.29, 1.82) is 0 Å². The topological polar surface area (TPSA) is 75.4 Å². The van der Waals surface area contributed by atoms with Crippen LogP contribution in [0.5, 0.6) is 0 Å². The van der Waals surface area contributed by atoms with Gasteiger partial charge in [0.05, 0.1) is 6.10 Å². The third-order valence-electron chi connectivity index (χ3n) is 3.50. The summed E-state index contributed by atoms with van der Waals surface area (Å²) in [4.78, 5) is 16.5. The van der Waals surface area contributed by atoms with E-state index in [1.165, 1.54) is 0 Å². The Labute approximate surface area is 144 Å². The van der Waals surface area contributed by atoms with Gasteiger partial charge in [-0.2, -0.15) is 0 Å². The minimum absolute atomic E-state index is 0.202. The molecule has 3 aromatic rings. The number of halogens is 1. The summed E-state index contributed by atoms with van der Waals surface area (Å²) in [6.07, 6.45) is -0.0639. The molecule has 0 aliphatic carbocycles. The van der Waals surface area contributed by atoms with Crippen molar-refractivity contribution in [3.05, 3.63) is 64.5 Å². The highest BCUT2D eigenvalue weighted by Gasteiger charge is 2.11. The normalized spacial score (nSPS) is 12.3. The van der Waals surface area contributed by atoms with Crippen LogP contribution in [0, 0.1) is 0 Å². The van der Waals surface area contributed by atoms with Gasteiger partial charge in [-0.3, -0.25) is 4.79 Å². The van der Waals surface area contributed by atoms with Gasteiger partial charge in [0.15, 0.2) is 11.5 Å². The van der Waals surface area contributed by atoms with Crippen LogP contribution in [0.4, 0.5) is 0 Å². The predicted molar refractivity (Wildman–Crippen MR) is 92.3 cm³/mol. The Bertz CT molecular complexity index is 874. The Hall–Kier alpha value is -2.37. The maximum absolute atomic E-state index is 12.0. The molecule has 24 heavy (non-hydrogen) atoms. The molecule has 0 aliphatic rings. The van der Waals surface area contributed by atoms with Gasteiger partial charge in [0.25, 0.3) is 5.91 Å². The first-order valence-electron chi connectivity index (χ1n) is 7.61. The summed E-state index contributed by atoms with van der Waals surface area (Å²) >= 11 is 5.98. The summed E-state index contributed by atoms with van der Waals surface area (Å²) in [5.41, 5.74) is 2.72. The lowest BCUT2D eigenvalue weighted by atomic mass is 10.1. The van der Waals surface area contributed by atoms with Crippen molar-refractivity contribution in [2.75, 3.05) is 6.54 Å². The Kier molecular flexibility index (Phi) is 4.83. The molecule has 0 spiro atoms. The molecule has 0 radical (unpaired) electrons. The Balaban J connectivity index is 1.80. The summed E-state index contributed by atoms with van der Waals surface area (Å²) in [5.74, 6) is 0.305. The number of nitrogens with one attached hydrogen (secondary N) is 1. The fourth-order valence-corrected chi connectivity index (χ4v) is 2.57. The highest BCUT2D eigenvalue weighted by molar-refractivity contribution is 6.30. The van der Waals surface area contributed by atoms with E-state index >= 15 is 0 Å². The fourth-order valence-electron chi connectivity index (χ4n) is 2.35. The Morgan fingerprint density at radius 3 is 2.92 bits per heavy atom. The molecule has 0 fully saturated rings. The number of hydrogen-bond donors (Lipinski definition) is 2. The van der Waals surface area contributed by atoms with Crippen molar-refractivity contribution in [1.82, 2.24) is 10.3 Å². The largest absolute Gasteiger partial charge is 0.440 e. The lowest BCUT2D eigenvalue weighted by Gasteiger charge is -2.06. The SMILES string of the molecule is C[C@@H](O)CNC(=O)c1ccc2nc(Cc3cccc(Cl)c3)oc2c1. The van der Waals surface area contributed by atoms with Gasteiger partial charge in [0.1, 0.15) is 5.52 Å². The molecule has 1 amide bonds. The van der Waals surface area contributed by atoms with Crippen molar-refractivity contribution < 1.29 is 14.3 Å². The highest BCUT2D eigenvalue weighted by atomic mass is 35.5. The standard InChI is InChI=1S/C18H17ClN2O3/c1-11(22)10-20-18(23)13-5-6-15-16(9-13)24-17(21-15)8-12-3-2-4-14(19)7-12/h2-7,9,11,22H,8,10H2,1H3,(H,20,23)/t11-/m1/s1. The number of nitrogens with zero attached hydrogens (tertiary/aromatic N) is 1. The van der Waals surface area contributed by atoms with Crippen molar-refractivity contribution >= 4 is 28.6 Å². The molecule has 2 N–H and O–H groups in total. The van der Waals surface area contributed by atoms with E-state index in [0.29, 0.717) is 34.0 Å². The number of hydrogen-bond acceptors (Lipinski definition) is 4. The van der Waals surface area contributed by atoms with Gasteiger partial charge >= 0.3 is 0 Å². The molecule has 0 saturated carbocycles. The maximum Gasteiger partial charge on any atom is 0.251 e. The summed E-state index contributed by atoms with van der Waals surface area (Å²) < 4.78 is 5.74. The number of fused-ring (bicyclic) bond motifs is 1. The molecule has 1 aromatic heterocycles. The number of carbonyl (C=O) groups excluding carboxylic acids is 1. The molecule has 5 nitrogen and oxygen atoms in total. The summed E-state index contributed by atoms with van der Waals surface area (Å²) in [5, 5.41) is 12.5.